The van der Waals surface area contributed by atoms with E-state index in [4.69, 9.17) is 0 Å². The third-order valence-corrected chi connectivity index (χ3v) is 5.22. The number of hydrogen-bond acceptors (Lipinski definition) is 6. The Bertz CT molecular complexity index is 806. The Hall–Kier alpha value is 0.331. The average Bonchev–Trinajstić information content (AvgIpc) is 2.64. The van der Waals surface area contributed by atoms with Crippen LogP contribution in [0.25, 0.3) is 0 Å². The van der Waals surface area contributed by atoms with Crippen LogP contribution in [0.3, 0.4) is 0 Å². The first-order chi connectivity index (χ1) is 16.6. The normalized spacial score (nSPS) is 13.8. The van der Waals surface area contributed by atoms with Crippen LogP contribution in [0, 0.1) is 114 Å². The van der Waals surface area contributed by atoms with Crippen LogP contribution in [0.2, 0.25) is 0 Å². The van der Waals surface area contributed by atoms with Gasteiger partial charge in [-0.2, -0.15) is 0 Å². The van der Waals surface area contributed by atoms with Gasteiger partial charge in [0.05, 0.1) is 0 Å². The van der Waals surface area contributed by atoms with Crippen molar-refractivity contribution in [2.24, 2.45) is 32.5 Å². The number of ketones is 3. The van der Waals surface area contributed by atoms with Gasteiger partial charge >= 0.3 is 81.7 Å². The van der Waals surface area contributed by atoms with Gasteiger partial charge in [0.25, 0.3) is 0 Å². The van der Waals surface area contributed by atoms with E-state index in [0.717, 1.165) is 0 Å². The Balaban J connectivity index is -0.000000154. The molecule has 41 heavy (non-hydrogen) atoms. The molecule has 0 aromatic carbocycles. The summed E-state index contributed by atoms with van der Waals surface area (Å²) in [5, 5.41) is 34.3. The van der Waals surface area contributed by atoms with E-state index >= 15 is 0 Å². The molecular formula is C33H57Nd2O6+3. The first kappa shape index (κ1) is 50.9. The van der Waals surface area contributed by atoms with Crippen LogP contribution in [0.5, 0.6) is 0 Å². The van der Waals surface area contributed by atoms with Crippen molar-refractivity contribution in [2.75, 3.05) is 0 Å². The fourth-order valence-electron chi connectivity index (χ4n) is 1.66. The number of allylic oxidation sites excluding steroid dienone is 6. The number of carbonyl (C=O) groups is 3. The van der Waals surface area contributed by atoms with E-state index in [0.29, 0.717) is 0 Å². The summed E-state index contributed by atoms with van der Waals surface area (Å²) in [5.74, 6) is -0.625. The smallest absolute Gasteiger partial charge is 0.875 e. The van der Waals surface area contributed by atoms with Crippen LogP contribution in [0.15, 0.2) is 35.5 Å². The molecule has 0 atom stereocenters. The summed E-state index contributed by atoms with van der Waals surface area (Å²) in [6, 6.07) is 0. The molecule has 0 saturated heterocycles. The molecule has 0 aliphatic carbocycles. The third kappa shape index (κ3) is 25.4. The molecule has 0 rings (SSSR count). The molecule has 8 heteroatoms. The predicted octanol–water partition coefficient (Wildman–Crippen LogP) is 5.68. The van der Waals surface area contributed by atoms with E-state index < -0.39 is 32.5 Å². The molecular weight excluding hydrogens is 781 g/mol. The van der Waals surface area contributed by atoms with Crippen molar-refractivity contribution in [1.29, 1.82) is 0 Å². The molecule has 0 fully saturated rings. The zero-order chi connectivity index (χ0) is 32.6. The van der Waals surface area contributed by atoms with Gasteiger partial charge in [0, 0.05) is 16.2 Å². The first-order valence-corrected chi connectivity index (χ1v) is 13.5. The SMILES string of the molecule is CC(C)(C)C(=O)/C=C(\[O-])C(C)(C)C.CC(C)(C)C(=O)/C=C(\[O-])C(C)(C)C.CC(C)(C)C(=O)/C=C(\[O-])C(C)(C)C.[Nd+3].[Nd+3]. The van der Waals surface area contributed by atoms with Gasteiger partial charge in [-0.05, 0) is 34.5 Å². The monoisotopic (exact) mass is 833 g/mol. The van der Waals surface area contributed by atoms with Crippen LogP contribution in [-0.2, 0) is 14.4 Å². The number of rotatable bonds is 3. The van der Waals surface area contributed by atoms with Crippen LogP contribution in [0.4, 0.5) is 0 Å². The quantitative estimate of drug-likeness (QED) is 0.267. The summed E-state index contributed by atoms with van der Waals surface area (Å²) >= 11 is 0. The Morgan fingerprint density at radius 2 is 0.463 bits per heavy atom. The topological polar surface area (TPSA) is 120 Å². The Morgan fingerprint density at radius 3 is 0.537 bits per heavy atom. The van der Waals surface area contributed by atoms with Gasteiger partial charge in [-0.25, -0.2) is 0 Å². The van der Waals surface area contributed by atoms with E-state index in [1.807, 2.05) is 125 Å². The van der Waals surface area contributed by atoms with Gasteiger partial charge in [-0.15, -0.1) is 17.3 Å². The molecule has 0 heterocycles. The minimum Gasteiger partial charge on any atom is -0.875 e. The fourth-order valence-corrected chi connectivity index (χ4v) is 1.66. The molecule has 0 bridgehead atoms. The summed E-state index contributed by atoms with van der Waals surface area (Å²) in [5.41, 5.74) is -2.74. The molecule has 2 radical (unpaired) electrons. The van der Waals surface area contributed by atoms with Crippen LogP contribution in [-0.4, -0.2) is 17.3 Å². The molecule has 0 amide bonds. The third-order valence-electron chi connectivity index (χ3n) is 5.22. The molecule has 0 saturated carbocycles. The second kappa shape index (κ2) is 19.0. The molecule has 230 valence electrons. The molecule has 0 spiro atoms. The van der Waals surface area contributed by atoms with Crippen LogP contribution < -0.4 is 15.3 Å². The van der Waals surface area contributed by atoms with Crippen molar-refractivity contribution < 1.29 is 111 Å². The van der Waals surface area contributed by atoms with E-state index in [9.17, 15) is 29.7 Å². The molecule has 0 aliphatic heterocycles. The maximum absolute atomic E-state index is 11.4. The molecule has 0 aliphatic rings. The maximum Gasteiger partial charge on any atom is 3.00 e. The van der Waals surface area contributed by atoms with Crippen LogP contribution in [0.1, 0.15) is 125 Å². The standard InChI is InChI=1S/3C11H20O2.2Nd/c3*1-10(2,3)8(12)7-9(13)11(4,5)6;;/h3*7,12H,1-6H3;;/q;;;2*+3/p-3/b3*8-7-;;. The van der Waals surface area contributed by atoms with Crippen LogP contribution >= 0.6 is 0 Å². The summed E-state index contributed by atoms with van der Waals surface area (Å²) in [7, 11) is 0. The van der Waals surface area contributed by atoms with Crippen molar-refractivity contribution >= 4 is 17.3 Å². The van der Waals surface area contributed by atoms with E-state index in [1.54, 1.807) is 0 Å². The van der Waals surface area contributed by atoms with E-state index in [1.165, 1.54) is 18.2 Å². The molecule has 6 nitrogen and oxygen atoms in total. The largest absolute Gasteiger partial charge is 3.00 e. The van der Waals surface area contributed by atoms with Crippen molar-refractivity contribution in [2.45, 2.75) is 125 Å². The number of hydrogen-bond donors (Lipinski definition) is 0. The van der Waals surface area contributed by atoms with Crippen molar-refractivity contribution in [3.63, 3.8) is 0 Å². The van der Waals surface area contributed by atoms with Gasteiger partial charge in [0.15, 0.2) is 17.3 Å². The summed E-state index contributed by atoms with van der Waals surface area (Å²) in [6.45, 7) is 32.5. The minimum absolute atomic E-state index is 0. The van der Waals surface area contributed by atoms with Gasteiger partial charge in [0.1, 0.15) is 0 Å². The maximum atomic E-state index is 11.4. The predicted molar refractivity (Wildman–Crippen MR) is 156 cm³/mol. The second-order valence-electron chi connectivity index (χ2n) is 16.1. The van der Waals surface area contributed by atoms with Crippen molar-refractivity contribution in [3.8, 4) is 0 Å². The zero-order valence-corrected chi connectivity index (χ0v) is 35.6. The van der Waals surface area contributed by atoms with Gasteiger partial charge < -0.3 is 15.3 Å². The van der Waals surface area contributed by atoms with Gasteiger partial charge in [-0.3, -0.25) is 14.4 Å². The second-order valence-corrected chi connectivity index (χ2v) is 16.1. The first-order valence-electron chi connectivity index (χ1n) is 13.5. The molecule has 0 aromatic heterocycles. The molecule has 0 aromatic rings. The summed E-state index contributed by atoms with van der Waals surface area (Å²) < 4.78 is 0. The van der Waals surface area contributed by atoms with Gasteiger partial charge in [0.2, 0.25) is 0 Å². The number of carbonyl (C=O) groups excluding carboxylic acids is 3. The Kier molecular flexibility index (Phi) is 23.6. The molecule has 0 N–H and O–H groups in total. The Morgan fingerprint density at radius 1 is 0.341 bits per heavy atom. The van der Waals surface area contributed by atoms with E-state index in [2.05, 4.69) is 0 Å². The Labute approximate surface area is 317 Å². The molecule has 0 unspecified atom stereocenters. The zero-order valence-electron chi connectivity index (χ0n) is 29.2. The van der Waals surface area contributed by atoms with Crippen molar-refractivity contribution in [3.05, 3.63) is 35.5 Å². The minimum atomic E-state index is -0.457. The van der Waals surface area contributed by atoms with Crippen molar-refractivity contribution in [1.82, 2.24) is 0 Å². The average molecular weight is 838 g/mol. The van der Waals surface area contributed by atoms with Gasteiger partial charge in [-0.1, -0.05) is 125 Å². The fraction of sp³-hybridized carbons (Fsp3) is 0.727. The summed E-state index contributed by atoms with van der Waals surface area (Å²) in [6.07, 6.45) is 3.67. The summed E-state index contributed by atoms with van der Waals surface area (Å²) in [4.78, 5) is 34.3. The van der Waals surface area contributed by atoms with E-state index in [-0.39, 0.29) is 116 Å².